The average Bonchev–Trinajstić information content (AvgIpc) is 2.47. The van der Waals surface area contributed by atoms with E-state index in [2.05, 4.69) is 27.7 Å². The van der Waals surface area contributed by atoms with Crippen LogP contribution in [0.25, 0.3) is 0 Å². The van der Waals surface area contributed by atoms with Gasteiger partial charge in [0.2, 0.25) is 0 Å². The van der Waals surface area contributed by atoms with Gasteiger partial charge in [-0.25, -0.2) is 12.8 Å². The van der Waals surface area contributed by atoms with Crippen LogP contribution in [0.4, 0.5) is 4.39 Å². The van der Waals surface area contributed by atoms with E-state index in [0.717, 1.165) is 0 Å². The van der Waals surface area contributed by atoms with Crippen molar-refractivity contribution in [3.05, 3.63) is 0 Å². The van der Waals surface area contributed by atoms with E-state index in [4.69, 9.17) is 13.0 Å². The molecule has 0 saturated heterocycles. The molecule has 0 rings (SSSR count). The summed E-state index contributed by atoms with van der Waals surface area (Å²) in [4.78, 5) is 0. The van der Waals surface area contributed by atoms with Crippen LogP contribution >= 0.6 is 7.26 Å². The smallest absolute Gasteiger partial charge is 0.179 e. The van der Waals surface area contributed by atoms with Crippen molar-refractivity contribution in [3.63, 3.8) is 0 Å². The highest BCUT2D eigenvalue weighted by Gasteiger charge is 2.29. The Hall–Kier alpha value is 0.270. The van der Waals surface area contributed by atoms with E-state index in [1.165, 1.54) is 57.0 Å². The third-order valence-electron chi connectivity index (χ3n) is 4.13. The van der Waals surface area contributed by atoms with Crippen molar-refractivity contribution in [2.45, 2.75) is 66.2 Å². The van der Waals surface area contributed by atoms with Crippen LogP contribution in [0.1, 0.15) is 66.2 Å². The van der Waals surface area contributed by atoms with Gasteiger partial charge in [-0.05, 0) is 33.6 Å². The average molecular weight is 344 g/mol. The Morgan fingerprint density at radius 3 is 1.57 bits per heavy atom. The van der Waals surface area contributed by atoms with Crippen molar-refractivity contribution in [2.75, 3.05) is 30.7 Å². The summed E-state index contributed by atoms with van der Waals surface area (Å²) in [6.45, 7) is 9.54. The molecule has 0 N–H and O–H groups in total. The molecule has 0 saturated carbocycles. The SMILES string of the molecule is CCCCCCCC[P+](CC)(CC)CC.O=S(=O)([O-])CF. The second-order valence-corrected chi connectivity index (χ2v) is 11.8. The minimum absolute atomic E-state index is 0.494. The Labute approximate surface area is 132 Å². The summed E-state index contributed by atoms with van der Waals surface area (Å²) < 4.78 is 37.8. The Morgan fingerprint density at radius 2 is 1.24 bits per heavy atom. The van der Waals surface area contributed by atoms with Gasteiger partial charge in [0.05, 0.1) is 24.6 Å². The molecule has 0 aromatic heterocycles. The molecular weight excluding hydrogens is 310 g/mol. The summed E-state index contributed by atoms with van der Waals surface area (Å²) >= 11 is 0. The Kier molecular flexibility index (Phi) is 15.6. The fourth-order valence-electron chi connectivity index (χ4n) is 2.37. The molecule has 0 bridgehead atoms. The fourth-order valence-corrected chi connectivity index (χ4v) is 5.56. The van der Waals surface area contributed by atoms with Crippen LogP contribution in [0.3, 0.4) is 0 Å². The van der Waals surface area contributed by atoms with Crippen LogP contribution in [0.2, 0.25) is 0 Å². The van der Waals surface area contributed by atoms with Gasteiger partial charge in [0, 0.05) is 7.26 Å². The Bertz CT molecular complexity index is 309. The largest absolute Gasteiger partial charge is 0.746 e. The van der Waals surface area contributed by atoms with E-state index in [1.54, 1.807) is 6.16 Å². The van der Waals surface area contributed by atoms with Gasteiger partial charge < -0.3 is 4.55 Å². The monoisotopic (exact) mass is 344 g/mol. The molecule has 0 aromatic carbocycles. The maximum absolute atomic E-state index is 10.6. The molecule has 0 unspecified atom stereocenters. The van der Waals surface area contributed by atoms with E-state index in [0.29, 0.717) is 0 Å². The Morgan fingerprint density at radius 1 is 0.857 bits per heavy atom. The summed E-state index contributed by atoms with van der Waals surface area (Å²) in [6.07, 6.45) is 14.8. The highest BCUT2D eigenvalue weighted by molar-refractivity contribution is 7.85. The minimum Gasteiger partial charge on any atom is -0.746 e. The first-order valence-corrected chi connectivity index (χ1v) is 12.3. The Balaban J connectivity index is 0. The molecule has 0 radical (unpaired) electrons. The molecule has 0 aliphatic carbocycles. The molecule has 0 atom stereocenters. The third kappa shape index (κ3) is 15.0. The summed E-state index contributed by atoms with van der Waals surface area (Å²) in [5.41, 5.74) is 0. The van der Waals surface area contributed by atoms with Gasteiger partial charge in [0.15, 0.2) is 6.01 Å². The molecule has 3 nitrogen and oxygen atoms in total. The van der Waals surface area contributed by atoms with Crippen LogP contribution in [-0.2, 0) is 10.1 Å². The lowest BCUT2D eigenvalue weighted by molar-refractivity contribution is 0.431. The van der Waals surface area contributed by atoms with E-state index < -0.39 is 23.4 Å². The minimum atomic E-state index is -4.58. The maximum atomic E-state index is 10.6. The van der Waals surface area contributed by atoms with Gasteiger partial charge >= 0.3 is 0 Å². The first kappa shape index (κ1) is 23.5. The predicted molar refractivity (Wildman–Crippen MR) is 92.5 cm³/mol. The van der Waals surface area contributed by atoms with Gasteiger partial charge in [0.25, 0.3) is 0 Å². The lowest BCUT2D eigenvalue weighted by Crippen LogP contribution is -2.07. The summed E-state index contributed by atoms with van der Waals surface area (Å²) in [5, 5.41) is 0. The van der Waals surface area contributed by atoms with Gasteiger partial charge in [-0.1, -0.05) is 32.6 Å². The van der Waals surface area contributed by atoms with E-state index >= 15 is 0 Å². The quantitative estimate of drug-likeness (QED) is 0.305. The maximum Gasteiger partial charge on any atom is 0.179 e. The lowest BCUT2D eigenvalue weighted by atomic mass is 10.1. The summed E-state index contributed by atoms with van der Waals surface area (Å²) in [7, 11) is -5.07. The number of halogens is 1. The van der Waals surface area contributed by atoms with Crippen molar-refractivity contribution >= 4 is 17.4 Å². The molecule has 21 heavy (non-hydrogen) atoms. The van der Waals surface area contributed by atoms with Crippen molar-refractivity contribution in [3.8, 4) is 0 Å². The second-order valence-electron chi connectivity index (χ2n) is 5.45. The molecule has 0 aromatic rings. The zero-order valence-electron chi connectivity index (χ0n) is 14.2. The van der Waals surface area contributed by atoms with Gasteiger partial charge in [0.1, 0.15) is 10.1 Å². The first-order chi connectivity index (χ1) is 9.80. The topological polar surface area (TPSA) is 57.2 Å². The number of rotatable bonds is 11. The molecular formula is C15H34FO3PS. The van der Waals surface area contributed by atoms with Gasteiger partial charge in [-0.2, -0.15) is 0 Å². The van der Waals surface area contributed by atoms with Crippen LogP contribution in [0, 0.1) is 0 Å². The summed E-state index contributed by atoms with van der Waals surface area (Å²) in [6, 6.07) is -1.81. The fraction of sp³-hybridized carbons (Fsp3) is 1.00. The standard InChI is InChI=1S/C14H32P.CH3FO3S/c1-5-9-10-11-12-13-14-15(6-2,7-3)8-4;2-1-6(3,4)5/h5-14H2,1-4H3;1H2,(H,3,4,5)/q+1;/p-1. The third-order valence-corrected chi connectivity index (χ3v) is 9.69. The van der Waals surface area contributed by atoms with Crippen LogP contribution in [-0.4, -0.2) is 43.6 Å². The van der Waals surface area contributed by atoms with Crippen molar-refractivity contribution in [2.24, 2.45) is 0 Å². The number of alkyl halides is 1. The van der Waals surface area contributed by atoms with E-state index in [1.807, 2.05) is 0 Å². The first-order valence-electron chi connectivity index (χ1n) is 8.15. The normalized spacial score (nSPS) is 11.9. The van der Waals surface area contributed by atoms with E-state index in [9.17, 15) is 4.39 Å². The molecule has 0 aliphatic rings. The van der Waals surface area contributed by atoms with Crippen LogP contribution in [0.15, 0.2) is 0 Å². The van der Waals surface area contributed by atoms with E-state index in [-0.39, 0.29) is 0 Å². The predicted octanol–water partition coefficient (Wildman–Crippen LogP) is 4.88. The zero-order valence-corrected chi connectivity index (χ0v) is 15.9. The van der Waals surface area contributed by atoms with Gasteiger partial charge in [-0.3, -0.25) is 0 Å². The van der Waals surface area contributed by atoms with Crippen molar-refractivity contribution < 1.29 is 17.4 Å². The van der Waals surface area contributed by atoms with Crippen LogP contribution in [0.5, 0.6) is 0 Å². The highest BCUT2D eigenvalue weighted by atomic mass is 32.2. The number of hydrogen-bond donors (Lipinski definition) is 0. The summed E-state index contributed by atoms with van der Waals surface area (Å²) in [5.74, 6) is 0. The molecule has 130 valence electrons. The molecule has 0 amide bonds. The lowest BCUT2D eigenvalue weighted by Gasteiger charge is -2.23. The van der Waals surface area contributed by atoms with Crippen molar-refractivity contribution in [1.82, 2.24) is 0 Å². The number of unbranched alkanes of at least 4 members (excludes halogenated alkanes) is 5. The molecule has 0 fully saturated rings. The zero-order chi connectivity index (χ0) is 16.8. The number of hydrogen-bond acceptors (Lipinski definition) is 3. The molecule has 0 spiro atoms. The van der Waals surface area contributed by atoms with Crippen LogP contribution < -0.4 is 0 Å². The second kappa shape index (κ2) is 13.9. The molecule has 6 heteroatoms. The van der Waals surface area contributed by atoms with Crippen molar-refractivity contribution in [1.29, 1.82) is 0 Å². The highest BCUT2D eigenvalue weighted by Crippen LogP contribution is 2.58. The van der Waals surface area contributed by atoms with Gasteiger partial charge in [-0.15, -0.1) is 0 Å². The molecule has 0 aliphatic heterocycles. The molecule has 0 heterocycles.